The van der Waals surface area contributed by atoms with E-state index in [9.17, 15) is 4.79 Å². The Morgan fingerprint density at radius 3 is 2.50 bits per heavy atom. The normalized spacial score (nSPS) is 9.69. The molecule has 1 rings (SSSR count). The van der Waals surface area contributed by atoms with Crippen LogP contribution in [0.2, 0.25) is 0 Å². The van der Waals surface area contributed by atoms with Gasteiger partial charge in [-0.2, -0.15) is 0 Å². The molecule has 0 spiro atoms. The van der Waals surface area contributed by atoms with Crippen LogP contribution in [0, 0.1) is 0 Å². The van der Waals surface area contributed by atoms with Crippen molar-refractivity contribution in [1.29, 1.82) is 0 Å². The standard InChI is InChI=1S/C10H14BNO4/c1-8(13)12-7-6-9-2-4-10(5-3-9)16-11(14)15/h2-5,14-15H,6-7H2,1H3,(H,12,13). The highest BCUT2D eigenvalue weighted by Crippen LogP contribution is 2.12. The Kier molecular flexibility index (Phi) is 4.82. The van der Waals surface area contributed by atoms with Gasteiger partial charge in [0.15, 0.2) is 0 Å². The zero-order valence-corrected chi connectivity index (χ0v) is 9.01. The van der Waals surface area contributed by atoms with Crippen LogP contribution in [0.1, 0.15) is 12.5 Å². The predicted octanol–water partition coefficient (Wildman–Crippen LogP) is -0.286. The first kappa shape index (κ1) is 12.5. The van der Waals surface area contributed by atoms with E-state index in [0.29, 0.717) is 12.3 Å². The quantitative estimate of drug-likeness (QED) is 0.599. The van der Waals surface area contributed by atoms with E-state index in [1.54, 1.807) is 24.3 Å². The second-order valence-corrected chi connectivity index (χ2v) is 3.32. The monoisotopic (exact) mass is 223 g/mol. The molecule has 1 aromatic carbocycles. The highest BCUT2D eigenvalue weighted by Gasteiger charge is 2.10. The number of rotatable bonds is 5. The minimum atomic E-state index is -1.80. The van der Waals surface area contributed by atoms with Crippen molar-refractivity contribution >= 4 is 13.2 Å². The molecule has 16 heavy (non-hydrogen) atoms. The molecule has 0 heterocycles. The van der Waals surface area contributed by atoms with E-state index < -0.39 is 7.32 Å². The molecule has 1 aromatic rings. The second-order valence-electron chi connectivity index (χ2n) is 3.32. The van der Waals surface area contributed by atoms with Crippen LogP contribution in [0.3, 0.4) is 0 Å². The molecule has 0 unspecified atom stereocenters. The van der Waals surface area contributed by atoms with Gasteiger partial charge in [0.2, 0.25) is 5.91 Å². The number of hydrogen-bond donors (Lipinski definition) is 3. The Hall–Kier alpha value is -1.53. The second kappa shape index (κ2) is 6.14. The van der Waals surface area contributed by atoms with E-state index in [4.69, 9.17) is 10.0 Å². The summed E-state index contributed by atoms with van der Waals surface area (Å²) in [5.74, 6) is 0.335. The topological polar surface area (TPSA) is 78.8 Å². The maximum absolute atomic E-state index is 10.6. The molecule has 0 bridgehead atoms. The molecule has 0 aliphatic heterocycles. The van der Waals surface area contributed by atoms with Crippen LogP contribution in [0.5, 0.6) is 5.75 Å². The smallest absolute Gasteiger partial charge is 0.512 e. The van der Waals surface area contributed by atoms with Crippen LogP contribution < -0.4 is 9.97 Å². The molecule has 1 amide bonds. The van der Waals surface area contributed by atoms with Gasteiger partial charge in [0, 0.05) is 13.5 Å². The number of carbonyl (C=O) groups is 1. The minimum Gasteiger partial charge on any atom is -0.512 e. The van der Waals surface area contributed by atoms with E-state index in [2.05, 4.69) is 9.97 Å². The lowest BCUT2D eigenvalue weighted by atomic mass is 10.1. The average molecular weight is 223 g/mol. The first-order chi connectivity index (χ1) is 7.58. The molecule has 0 saturated carbocycles. The fourth-order valence-electron chi connectivity index (χ4n) is 1.24. The Morgan fingerprint density at radius 1 is 1.38 bits per heavy atom. The largest absolute Gasteiger partial charge is 0.707 e. The number of nitrogens with one attached hydrogen (secondary N) is 1. The first-order valence-corrected chi connectivity index (χ1v) is 4.94. The summed E-state index contributed by atoms with van der Waals surface area (Å²) in [6.45, 7) is 2.05. The summed E-state index contributed by atoms with van der Waals surface area (Å²) >= 11 is 0. The van der Waals surface area contributed by atoms with Gasteiger partial charge in [-0.05, 0) is 24.1 Å². The molecule has 0 aromatic heterocycles. The summed E-state index contributed by atoms with van der Waals surface area (Å²) < 4.78 is 4.65. The summed E-state index contributed by atoms with van der Waals surface area (Å²) in [5.41, 5.74) is 1.04. The van der Waals surface area contributed by atoms with Crippen molar-refractivity contribution in [3.8, 4) is 5.75 Å². The van der Waals surface area contributed by atoms with Crippen molar-refractivity contribution < 1.29 is 19.5 Å². The van der Waals surface area contributed by atoms with E-state index in [-0.39, 0.29) is 5.91 Å². The number of amides is 1. The fourth-order valence-corrected chi connectivity index (χ4v) is 1.24. The molecule has 86 valence electrons. The first-order valence-electron chi connectivity index (χ1n) is 4.94. The molecular weight excluding hydrogens is 209 g/mol. The lowest BCUT2D eigenvalue weighted by molar-refractivity contribution is -0.118. The van der Waals surface area contributed by atoms with Crippen LogP contribution in [0.15, 0.2) is 24.3 Å². The molecule has 0 aliphatic rings. The molecule has 0 saturated heterocycles. The Morgan fingerprint density at radius 2 is 2.00 bits per heavy atom. The average Bonchev–Trinajstić information content (AvgIpc) is 2.19. The fraction of sp³-hybridized carbons (Fsp3) is 0.300. The van der Waals surface area contributed by atoms with Crippen molar-refractivity contribution in [2.75, 3.05) is 6.54 Å². The predicted molar refractivity (Wildman–Crippen MR) is 59.6 cm³/mol. The summed E-state index contributed by atoms with van der Waals surface area (Å²) in [7, 11) is -1.80. The summed E-state index contributed by atoms with van der Waals surface area (Å²) in [4.78, 5) is 10.6. The minimum absolute atomic E-state index is 0.0524. The molecule has 6 heteroatoms. The lowest BCUT2D eigenvalue weighted by Gasteiger charge is -2.06. The van der Waals surface area contributed by atoms with Crippen molar-refractivity contribution in [3.63, 3.8) is 0 Å². The van der Waals surface area contributed by atoms with Crippen molar-refractivity contribution in [2.45, 2.75) is 13.3 Å². The van der Waals surface area contributed by atoms with E-state index >= 15 is 0 Å². The van der Waals surface area contributed by atoms with E-state index in [0.717, 1.165) is 12.0 Å². The third-order valence-electron chi connectivity index (χ3n) is 1.95. The van der Waals surface area contributed by atoms with Gasteiger partial charge in [0.1, 0.15) is 5.75 Å². The summed E-state index contributed by atoms with van der Waals surface area (Å²) in [6, 6.07) is 6.89. The molecule has 0 radical (unpaired) electrons. The highest BCUT2D eigenvalue weighted by molar-refractivity contribution is 6.33. The van der Waals surface area contributed by atoms with Gasteiger partial charge in [-0.25, -0.2) is 0 Å². The van der Waals surface area contributed by atoms with Crippen molar-refractivity contribution in [1.82, 2.24) is 5.32 Å². The Balaban J connectivity index is 2.42. The molecule has 5 nitrogen and oxygen atoms in total. The zero-order chi connectivity index (χ0) is 12.0. The van der Waals surface area contributed by atoms with Crippen LogP contribution in [-0.2, 0) is 11.2 Å². The van der Waals surface area contributed by atoms with Crippen LogP contribution in [0.4, 0.5) is 0 Å². The molecule has 0 fully saturated rings. The lowest BCUT2D eigenvalue weighted by Crippen LogP contribution is -2.22. The van der Waals surface area contributed by atoms with Gasteiger partial charge in [0.25, 0.3) is 0 Å². The maximum Gasteiger partial charge on any atom is 0.707 e. The van der Waals surface area contributed by atoms with Crippen LogP contribution >= 0.6 is 0 Å². The summed E-state index contributed by atoms with van der Waals surface area (Å²) in [5, 5.41) is 19.8. The maximum atomic E-state index is 10.6. The third kappa shape index (κ3) is 4.81. The van der Waals surface area contributed by atoms with Crippen molar-refractivity contribution in [3.05, 3.63) is 29.8 Å². The van der Waals surface area contributed by atoms with Gasteiger partial charge >= 0.3 is 7.32 Å². The Bertz CT molecular complexity index is 339. The molecule has 0 aliphatic carbocycles. The number of benzene rings is 1. The van der Waals surface area contributed by atoms with Gasteiger partial charge in [0.05, 0.1) is 0 Å². The van der Waals surface area contributed by atoms with E-state index in [1.807, 2.05) is 0 Å². The van der Waals surface area contributed by atoms with E-state index in [1.165, 1.54) is 6.92 Å². The highest BCUT2D eigenvalue weighted by atomic mass is 16.6. The van der Waals surface area contributed by atoms with Crippen LogP contribution in [0.25, 0.3) is 0 Å². The summed E-state index contributed by atoms with van der Waals surface area (Å²) in [6.07, 6.45) is 0.724. The van der Waals surface area contributed by atoms with Gasteiger partial charge in [-0.3, -0.25) is 4.79 Å². The van der Waals surface area contributed by atoms with Crippen LogP contribution in [-0.4, -0.2) is 29.8 Å². The van der Waals surface area contributed by atoms with Crippen molar-refractivity contribution in [2.24, 2.45) is 0 Å². The Labute approximate surface area is 94.2 Å². The number of carbonyl (C=O) groups excluding carboxylic acids is 1. The van der Waals surface area contributed by atoms with Gasteiger partial charge in [-0.1, -0.05) is 12.1 Å². The van der Waals surface area contributed by atoms with Gasteiger partial charge in [-0.15, -0.1) is 0 Å². The molecule has 3 N–H and O–H groups in total. The van der Waals surface area contributed by atoms with Gasteiger partial charge < -0.3 is 20.0 Å². The SMILES string of the molecule is CC(=O)NCCc1ccc(OB(O)O)cc1. The number of hydrogen-bond acceptors (Lipinski definition) is 4. The zero-order valence-electron chi connectivity index (χ0n) is 9.01. The molecular formula is C10H14BNO4. The third-order valence-corrected chi connectivity index (χ3v) is 1.95. The molecule has 0 atom stereocenters.